The lowest BCUT2D eigenvalue weighted by molar-refractivity contribution is 0.900. The lowest BCUT2D eigenvalue weighted by Crippen LogP contribution is -1.86. The molecule has 0 bridgehead atoms. The van der Waals surface area contributed by atoms with E-state index in [-0.39, 0.29) is 0 Å². The Bertz CT molecular complexity index is 479. The lowest BCUT2D eigenvalue weighted by Gasteiger charge is -2.00. The molecule has 0 aliphatic rings. The summed E-state index contributed by atoms with van der Waals surface area (Å²) in [5.41, 5.74) is 2.36. The Hall–Kier alpha value is -0.510. The molecule has 0 aliphatic heterocycles. The molecule has 0 N–H and O–H groups in total. The van der Waals surface area contributed by atoms with Crippen LogP contribution in [0.3, 0.4) is 0 Å². The smallest absolute Gasteiger partial charge is 0.123 e. The number of nitrogens with zero attached hydrogens (tertiary/aromatic N) is 1. The average molecular weight is 298 g/mol. The zero-order valence-corrected chi connectivity index (χ0v) is 12.7. The van der Waals surface area contributed by atoms with Gasteiger partial charge < -0.3 is 0 Å². The molecule has 4 heteroatoms. The minimum absolute atomic E-state index is 0.704. The van der Waals surface area contributed by atoms with E-state index >= 15 is 0 Å². The second kappa shape index (κ2) is 7.17. The molecule has 1 aromatic carbocycles. The second-order valence-electron chi connectivity index (χ2n) is 3.89. The maximum Gasteiger partial charge on any atom is 0.123 e. The summed E-state index contributed by atoms with van der Waals surface area (Å²) in [4.78, 5) is 5.97. The number of thioether (sulfide) groups is 1. The molecule has 1 aromatic heterocycles. The maximum atomic E-state index is 5.70. The van der Waals surface area contributed by atoms with Crippen LogP contribution < -0.4 is 0 Å². The van der Waals surface area contributed by atoms with Crippen molar-refractivity contribution in [2.45, 2.75) is 24.7 Å². The SMILES string of the molecule is CCSc1ccc(-c2nc(CCCCl)cs2)cc1. The Morgan fingerprint density at radius 2 is 2.06 bits per heavy atom. The van der Waals surface area contributed by atoms with Gasteiger partial charge in [0.05, 0.1) is 5.69 Å². The third kappa shape index (κ3) is 3.74. The number of halogens is 1. The van der Waals surface area contributed by atoms with Gasteiger partial charge in [0.2, 0.25) is 0 Å². The molecule has 96 valence electrons. The Kier molecular flexibility index (Phi) is 5.54. The monoisotopic (exact) mass is 297 g/mol. The molecule has 1 nitrogen and oxygen atoms in total. The number of hydrogen-bond donors (Lipinski definition) is 0. The highest BCUT2D eigenvalue weighted by Gasteiger charge is 2.04. The fraction of sp³-hybridized carbons (Fsp3) is 0.357. The Morgan fingerprint density at radius 3 is 2.72 bits per heavy atom. The number of aryl methyl sites for hydroxylation is 1. The van der Waals surface area contributed by atoms with Gasteiger partial charge in [-0.25, -0.2) is 4.98 Å². The third-order valence-corrected chi connectivity index (χ3v) is 4.63. The van der Waals surface area contributed by atoms with E-state index in [0.717, 1.165) is 29.3 Å². The quantitative estimate of drug-likeness (QED) is 0.544. The van der Waals surface area contributed by atoms with Crippen molar-refractivity contribution >= 4 is 34.7 Å². The van der Waals surface area contributed by atoms with Crippen molar-refractivity contribution in [2.75, 3.05) is 11.6 Å². The summed E-state index contributed by atoms with van der Waals surface area (Å²) in [5.74, 6) is 1.81. The Balaban J connectivity index is 2.08. The van der Waals surface area contributed by atoms with Crippen molar-refractivity contribution in [2.24, 2.45) is 0 Å². The molecule has 0 unspecified atom stereocenters. The van der Waals surface area contributed by atoms with Crippen molar-refractivity contribution < 1.29 is 0 Å². The summed E-state index contributed by atoms with van der Waals surface area (Å²) in [5, 5.41) is 3.24. The first-order chi connectivity index (χ1) is 8.83. The van der Waals surface area contributed by atoms with Crippen LogP contribution in [-0.2, 0) is 6.42 Å². The van der Waals surface area contributed by atoms with Crippen molar-refractivity contribution in [1.82, 2.24) is 4.98 Å². The largest absolute Gasteiger partial charge is 0.241 e. The summed E-state index contributed by atoms with van der Waals surface area (Å²) < 4.78 is 0. The molecule has 1 heterocycles. The molecule has 0 saturated heterocycles. The molecule has 18 heavy (non-hydrogen) atoms. The fourth-order valence-corrected chi connectivity index (χ4v) is 3.32. The topological polar surface area (TPSA) is 12.9 Å². The van der Waals surface area contributed by atoms with Gasteiger partial charge in [-0.05, 0) is 30.7 Å². The number of aromatic nitrogens is 1. The van der Waals surface area contributed by atoms with E-state index in [1.54, 1.807) is 11.3 Å². The number of benzene rings is 1. The second-order valence-corrected chi connectivity index (χ2v) is 6.47. The Morgan fingerprint density at radius 1 is 1.28 bits per heavy atom. The van der Waals surface area contributed by atoms with Crippen molar-refractivity contribution in [3.05, 3.63) is 35.3 Å². The van der Waals surface area contributed by atoms with Gasteiger partial charge in [-0.3, -0.25) is 0 Å². The van der Waals surface area contributed by atoms with E-state index in [4.69, 9.17) is 11.6 Å². The summed E-state index contributed by atoms with van der Waals surface area (Å²) in [6, 6.07) is 8.65. The van der Waals surface area contributed by atoms with Crippen LogP contribution in [0.25, 0.3) is 10.6 Å². The van der Waals surface area contributed by atoms with Crippen molar-refractivity contribution in [3.8, 4) is 10.6 Å². The predicted octanol–water partition coefficient (Wildman–Crippen LogP) is 5.09. The van der Waals surface area contributed by atoms with E-state index in [1.165, 1.54) is 10.5 Å². The number of rotatable bonds is 6. The van der Waals surface area contributed by atoms with E-state index in [1.807, 2.05) is 11.8 Å². The minimum Gasteiger partial charge on any atom is -0.241 e. The zero-order valence-electron chi connectivity index (χ0n) is 10.4. The van der Waals surface area contributed by atoms with Crippen LogP contribution in [0.1, 0.15) is 19.0 Å². The van der Waals surface area contributed by atoms with Crippen LogP contribution in [0.15, 0.2) is 34.5 Å². The first-order valence-corrected chi connectivity index (χ1v) is 8.47. The highest BCUT2D eigenvalue weighted by Crippen LogP contribution is 2.27. The van der Waals surface area contributed by atoms with Crippen LogP contribution in [0.4, 0.5) is 0 Å². The molecule has 0 aliphatic carbocycles. The minimum atomic E-state index is 0.704. The summed E-state index contributed by atoms with van der Waals surface area (Å²) in [6.45, 7) is 2.17. The molecule has 0 atom stereocenters. The van der Waals surface area contributed by atoms with Gasteiger partial charge in [-0.1, -0.05) is 19.1 Å². The highest BCUT2D eigenvalue weighted by atomic mass is 35.5. The molecular formula is C14H16ClNS2. The Labute approximate surface area is 122 Å². The van der Waals surface area contributed by atoms with Crippen LogP contribution in [-0.4, -0.2) is 16.6 Å². The average Bonchev–Trinajstić information content (AvgIpc) is 2.86. The number of alkyl halides is 1. The van der Waals surface area contributed by atoms with E-state index < -0.39 is 0 Å². The summed E-state index contributed by atoms with van der Waals surface area (Å²) >= 11 is 9.27. The third-order valence-electron chi connectivity index (χ3n) is 2.53. The number of hydrogen-bond acceptors (Lipinski definition) is 3. The molecule has 0 saturated carbocycles. The molecule has 2 rings (SSSR count). The van der Waals surface area contributed by atoms with E-state index in [0.29, 0.717) is 5.88 Å². The van der Waals surface area contributed by atoms with Gasteiger partial charge in [0.15, 0.2) is 0 Å². The molecular weight excluding hydrogens is 282 g/mol. The van der Waals surface area contributed by atoms with Gasteiger partial charge in [0.1, 0.15) is 5.01 Å². The predicted molar refractivity (Wildman–Crippen MR) is 83.0 cm³/mol. The molecule has 0 fully saturated rings. The first kappa shape index (κ1) is 13.9. The van der Waals surface area contributed by atoms with Crippen molar-refractivity contribution in [1.29, 1.82) is 0 Å². The summed E-state index contributed by atoms with van der Waals surface area (Å²) in [6.07, 6.45) is 1.97. The van der Waals surface area contributed by atoms with E-state index in [9.17, 15) is 0 Å². The van der Waals surface area contributed by atoms with Crippen LogP contribution >= 0.6 is 34.7 Å². The molecule has 2 aromatic rings. The molecule has 0 spiro atoms. The summed E-state index contributed by atoms with van der Waals surface area (Å²) in [7, 11) is 0. The lowest BCUT2D eigenvalue weighted by atomic mass is 10.2. The molecule has 0 amide bonds. The van der Waals surface area contributed by atoms with Gasteiger partial charge in [0, 0.05) is 21.7 Å². The normalized spacial score (nSPS) is 10.8. The molecule has 0 radical (unpaired) electrons. The maximum absolute atomic E-state index is 5.70. The van der Waals surface area contributed by atoms with Crippen LogP contribution in [0.2, 0.25) is 0 Å². The zero-order chi connectivity index (χ0) is 12.8. The van der Waals surface area contributed by atoms with Gasteiger partial charge >= 0.3 is 0 Å². The van der Waals surface area contributed by atoms with Gasteiger partial charge in [-0.2, -0.15) is 0 Å². The van der Waals surface area contributed by atoms with E-state index in [2.05, 4.69) is 41.6 Å². The van der Waals surface area contributed by atoms with Gasteiger partial charge in [0.25, 0.3) is 0 Å². The highest BCUT2D eigenvalue weighted by molar-refractivity contribution is 7.99. The van der Waals surface area contributed by atoms with Crippen LogP contribution in [0.5, 0.6) is 0 Å². The van der Waals surface area contributed by atoms with Crippen molar-refractivity contribution in [3.63, 3.8) is 0 Å². The first-order valence-electron chi connectivity index (χ1n) is 6.07. The standard InChI is InChI=1S/C14H16ClNS2/c1-2-17-13-7-5-11(6-8-13)14-16-12(10-18-14)4-3-9-15/h5-8,10H,2-4,9H2,1H3. The number of thiazole rings is 1. The van der Waals surface area contributed by atoms with Gasteiger partial charge in [-0.15, -0.1) is 34.7 Å². The van der Waals surface area contributed by atoms with Crippen LogP contribution in [0, 0.1) is 0 Å². The fourth-order valence-electron chi connectivity index (χ4n) is 1.66.